The predicted molar refractivity (Wildman–Crippen MR) is 76.9 cm³/mol. The van der Waals surface area contributed by atoms with Crippen molar-refractivity contribution in [1.82, 2.24) is 20.6 Å². The Balaban J connectivity index is 2.05. The molecule has 6 heteroatoms. The zero-order chi connectivity index (χ0) is 14.5. The molecule has 0 aliphatic carbocycles. The number of imidazole rings is 1. The molecule has 1 aliphatic rings. The zero-order valence-electron chi connectivity index (χ0n) is 12.5. The van der Waals surface area contributed by atoms with Gasteiger partial charge in [0.05, 0.1) is 17.8 Å². The molecular weight excluding hydrogens is 256 g/mol. The van der Waals surface area contributed by atoms with E-state index in [4.69, 9.17) is 4.74 Å². The molecule has 20 heavy (non-hydrogen) atoms. The van der Waals surface area contributed by atoms with Crippen molar-refractivity contribution in [3.63, 3.8) is 0 Å². The van der Waals surface area contributed by atoms with E-state index in [2.05, 4.69) is 27.5 Å². The van der Waals surface area contributed by atoms with E-state index in [-0.39, 0.29) is 18.1 Å². The molecule has 1 aromatic heterocycles. The van der Waals surface area contributed by atoms with Gasteiger partial charge in [-0.05, 0) is 25.8 Å². The summed E-state index contributed by atoms with van der Waals surface area (Å²) in [7, 11) is 1.67. The number of nitrogens with zero attached hydrogens (tertiary/aromatic N) is 1. The van der Waals surface area contributed by atoms with Crippen LogP contribution in [0.2, 0.25) is 0 Å². The number of hydrogen-bond donors (Lipinski definition) is 3. The van der Waals surface area contributed by atoms with Gasteiger partial charge < -0.3 is 20.4 Å². The van der Waals surface area contributed by atoms with Gasteiger partial charge in [0.25, 0.3) is 5.91 Å². The Bertz CT molecular complexity index is 437. The number of carbonyl (C=O) groups excluding carboxylic acids is 1. The number of ether oxygens (including phenoxy) is 1. The van der Waals surface area contributed by atoms with Gasteiger partial charge in [-0.1, -0.05) is 13.8 Å². The normalized spacial score (nSPS) is 22.8. The lowest BCUT2D eigenvalue weighted by atomic mass is 10.0. The Kier molecular flexibility index (Phi) is 5.14. The van der Waals surface area contributed by atoms with Crippen LogP contribution in [0.25, 0.3) is 0 Å². The molecule has 0 radical (unpaired) electrons. The highest BCUT2D eigenvalue weighted by Gasteiger charge is 2.27. The van der Waals surface area contributed by atoms with Crippen LogP contribution in [0.4, 0.5) is 0 Å². The van der Waals surface area contributed by atoms with Gasteiger partial charge in [0.2, 0.25) is 0 Å². The fraction of sp³-hybridized carbons (Fsp3) is 0.714. The second-order valence-corrected chi connectivity index (χ2v) is 5.06. The maximum atomic E-state index is 12.3. The van der Waals surface area contributed by atoms with Crippen LogP contribution in [0.15, 0.2) is 0 Å². The average Bonchev–Trinajstić information content (AvgIpc) is 2.91. The third-order valence-corrected chi connectivity index (χ3v) is 3.81. The molecule has 1 fully saturated rings. The molecule has 0 spiro atoms. The number of amides is 1. The molecule has 6 nitrogen and oxygen atoms in total. The Labute approximate surface area is 119 Å². The van der Waals surface area contributed by atoms with Gasteiger partial charge in [0, 0.05) is 19.3 Å². The maximum Gasteiger partial charge on any atom is 0.287 e. The monoisotopic (exact) mass is 280 g/mol. The zero-order valence-corrected chi connectivity index (χ0v) is 12.5. The van der Waals surface area contributed by atoms with E-state index >= 15 is 0 Å². The number of piperidine rings is 1. The number of aryl methyl sites for hydroxylation is 2. The molecule has 0 saturated carbocycles. The van der Waals surface area contributed by atoms with Gasteiger partial charge >= 0.3 is 0 Å². The van der Waals surface area contributed by atoms with Gasteiger partial charge in [0.15, 0.2) is 5.82 Å². The number of rotatable bonds is 5. The van der Waals surface area contributed by atoms with E-state index in [1.807, 2.05) is 6.92 Å². The molecule has 1 amide bonds. The summed E-state index contributed by atoms with van der Waals surface area (Å²) in [5.74, 6) is 0.264. The van der Waals surface area contributed by atoms with Crippen LogP contribution in [-0.4, -0.2) is 48.2 Å². The lowest BCUT2D eigenvalue weighted by Crippen LogP contribution is -2.53. The number of H-pyrrole nitrogens is 1. The van der Waals surface area contributed by atoms with E-state index in [1.54, 1.807) is 7.11 Å². The van der Waals surface area contributed by atoms with Crippen molar-refractivity contribution in [1.29, 1.82) is 0 Å². The lowest BCUT2D eigenvalue weighted by molar-refractivity contribution is 0.0473. The molecule has 1 saturated heterocycles. The molecular formula is C14H24N4O2. The molecule has 2 heterocycles. The van der Waals surface area contributed by atoms with Gasteiger partial charge in [-0.15, -0.1) is 0 Å². The standard InChI is InChI=1S/C14H24N4O2/c1-4-9-10(5-2)17-13(16-9)14(19)18-11-6-7-15-8-12(11)20-3/h11-12,15H,4-8H2,1-3H3,(H,16,17)(H,18,19). The van der Waals surface area contributed by atoms with Crippen LogP contribution < -0.4 is 10.6 Å². The minimum Gasteiger partial charge on any atom is -0.378 e. The van der Waals surface area contributed by atoms with Gasteiger partial charge in [-0.3, -0.25) is 4.79 Å². The van der Waals surface area contributed by atoms with E-state index in [9.17, 15) is 4.79 Å². The summed E-state index contributed by atoms with van der Waals surface area (Å²) in [6.07, 6.45) is 2.57. The first kappa shape index (κ1) is 15.0. The highest BCUT2D eigenvalue weighted by atomic mass is 16.5. The Morgan fingerprint density at radius 1 is 1.45 bits per heavy atom. The highest BCUT2D eigenvalue weighted by molar-refractivity contribution is 5.91. The quantitative estimate of drug-likeness (QED) is 0.739. The number of hydrogen-bond acceptors (Lipinski definition) is 4. The number of aromatic nitrogens is 2. The fourth-order valence-corrected chi connectivity index (χ4v) is 2.62. The second kappa shape index (κ2) is 6.85. The largest absolute Gasteiger partial charge is 0.378 e. The lowest BCUT2D eigenvalue weighted by Gasteiger charge is -2.31. The van der Waals surface area contributed by atoms with Crippen molar-refractivity contribution in [3.8, 4) is 0 Å². The van der Waals surface area contributed by atoms with E-state index in [0.29, 0.717) is 5.82 Å². The third kappa shape index (κ3) is 3.19. The maximum absolute atomic E-state index is 12.3. The van der Waals surface area contributed by atoms with Crippen molar-refractivity contribution in [2.45, 2.75) is 45.3 Å². The summed E-state index contributed by atoms with van der Waals surface area (Å²) >= 11 is 0. The minimum atomic E-state index is -0.145. The first-order valence-electron chi connectivity index (χ1n) is 7.31. The summed E-state index contributed by atoms with van der Waals surface area (Å²) < 4.78 is 5.40. The van der Waals surface area contributed by atoms with Gasteiger partial charge in [-0.25, -0.2) is 4.98 Å². The van der Waals surface area contributed by atoms with Crippen LogP contribution in [0.5, 0.6) is 0 Å². The minimum absolute atomic E-state index is 0.0129. The van der Waals surface area contributed by atoms with Crippen LogP contribution in [0.3, 0.4) is 0 Å². The van der Waals surface area contributed by atoms with Crippen LogP contribution in [0.1, 0.15) is 42.3 Å². The molecule has 1 aliphatic heterocycles. The van der Waals surface area contributed by atoms with Crippen molar-refractivity contribution >= 4 is 5.91 Å². The van der Waals surface area contributed by atoms with Gasteiger partial charge in [-0.2, -0.15) is 0 Å². The van der Waals surface area contributed by atoms with E-state index in [1.165, 1.54) is 0 Å². The summed E-state index contributed by atoms with van der Waals surface area (Å²) in [6.45, 7) is 5.76. The van der Waals surface area contributed by atoms with Crippen molar-refractivity contribution in [2.24, 2.45) is 0 Å². The topological polar surface area (TPSA) is 79.0 Å². The number of nitrogens with one attached hydrogen (secondary N) is 3. The number of aromatic amines is 1. The molecule has 2 rings (SSSR count). The summed E-state index contributed by atoms with van der Waals surface area (Å²) in [6, 6.07) is 0.0361. The molecule has 1 aromatic rings. The fourth-order valence-electron chi connectivity index (χ4n) is 2.62. The summed E-state index contributed by atoms with van der Waals surface area (Å²) in [5, 5.41) is 6.29. The van der Waals surface area contributed by atoms with Gasteiger partial charge in [0.1, 0.15) is 0 Å². The Hall–Kier alpha value is -1.40. The van der Waals surface area contributed by atoms with E-state index < -0.39 is 0 Å². The first-order valence-corrected chi connectivity index (χ1v) is 7.31. The van der Waals surface area contributed by atoms with Crippen LogP contribution in [-0.2, 0) is 17.6 Å². The SMILES string of the molecule is CCc1nc(C(=O)NC2CCNCC2OC)[nH]c1CC. The highest BCUT2D eigenvalue weighted by Crippen LogP contribution is 2.11. The molecule has 112 valence electrons. The Morgan fingerprint density at radius 3 is 2.85 bits per heavy atom. The summed E-state index contributed by atoms with van der Waals surface area (Å²) in [5.41, 5.74) is 2.03. The number of carbonyl (C=O) groups is 1. The molecule has 2 unspecified atom stereocenters. The number of methoxy groups -OCH3 is 1. The Morgan fingerprint density at radius 2 is 2.25 bits per heavy atom. The smallest absolute Gasteiger partial charge is 0.287 e. The van der Waals surface area contributed by atoms with Crippen molar-refractivity contribution in [3.05, 3.63) is 17.2 Å². The molecule has 3 N–H and O–H groups in total. The van der Waals surface area contributed by atoms with Crippen molar-refractivity contribution in [2.75, 3.05) is 20.2 Å². The average molecular weight is 280 g/mol. The molecule has 0 aromatic carbocycles. The second-order valence-electron chi connectivity index (χ2n) is 5.06. The third-order valence-electron chi connectivity index (χ3n) is 3.81. The van der Waals surface area contributed by atoms with Crippen LogP contribution >= 0.6 is 0 Å². The predicted octanol–water partition coefficient (Wildman–Crippen LogP) is 0.641. The van der Waals surface area contributed by atoms with Crippen LogP contribution in [0, 0.1) is 0 Å². The van der Waals surface area contributed by atoms with E-state index in [0.717, 1.165) is 43.7 Å². The molecule has 2 atom stereocenters. The first-order chi connectivity index (χ1) is 9.69. The summed E-state index contributed by atoms with van der Waals surface area (Å²) in [4.78, 5) is 19.8. The molecule has 0 bridgehead atoms. The van der Waals surface area contributed by atoms with Crippen molar-refractivity contribution < 1.29 is 9.53 Å².